The molecule has 2 rings (SSSR count). The Hall–Kier alpha value is -0.830. The van der Waals surface area contributed by atoms with Crippen LogP contribution in [-0.2, 0) is 6.42 Å². The van der Waals surface area contributed by atoms with Crippen LogP contribution in [0.5, 0.6) is 0 Å². The van der Waals surface area contributed by atoms with Crippen LogP contribution < -0.4 is 0 Å². The minimum atomic E-state index is -0.336. The quantitative estimate of drug-likeness (QED) is 0.743. The Bertz CT molecular complexity index is 341. The lowest BCUT2D eigenvalue weighted by molar-refractivity contribution is 0.151. The van der Waals surface area contributed by atoms with Crippen LogP contribution in [0.1, 0.15) is 55.8 Å². The molecule has 0 fully saturated rings. The van der Waals surface area contributed by atoms with Crippen molar-refractivity contribution < 1.29 is 5.11 Å². The monoisotopic (exact) mass is 194 g/mol. The molecule has 1 aromatic heterocycles. The van der Waals surface area contributed by atoms with E-state index in [0.29, 0.717) is 6.04 Å². The number of aliphatic hydroxyl groups is 1. The van der Waals surface area contributed by atoms with Gasteiger partial charge in [-0.3, -0.25) is 4.68 Å². The van der Waals surface area contributed by atoms with Crippen molar-refractivity contribution in [2.75, 3.05) is 0 Å². The fraction of sp³-hybridized carbons (Fsp3) is 0.727. The average Bonchev–Trinajstić information content (AvgIpc) is 2.46. The normalized spacial score (nSPS) is 21.4. The second kappa shape index (κ2) is 3.39. The molecule has 14 heavy (non-hydrogen) atoms. The minimum absolute atomic E-state index is 0.336. The fourth-order valence-corrected chi connectivity index (χ4v) is 2.26. The summed E-state index contributed by atoms with van der Waals surface area (Å²) in [6, 6.07) is 0.382. The van der Waals surface area contributed by atoms with Gasteiger partial charge in [-0.05, 0) is 45.6 Å². The topological polar surface area (TPSA) is 38.0 Å². The fourth-order valence-electron chi connectivity index (χ4n) is 2.26. The number of nitrogens with zero attached hydrogens (tertiary/aromatic N) is 2. The van der Waals surface area contributed by atoms with Gasteiger partial charge in [0.25, 0.3) is 0 Å². The van der Waals surface area contributed by atoms with Gasteiger partial charge in [0.15, 0.2) is 0 Å². The average molecular weight is 194 g/mol. The van der Waals surface area contributed by atoms with Crippen LogP contribution in [0.2, 0.25) is 0 Å². The number of hydrogen-bond donors (Lipinski definition) is 1. The zero-order chi connectivity index (χ0) is 10.3. The largest absolute Gasteiger partial charge is 0.387 e. The van der Waals surface area contributed by atoms with E-state index in [0.717, 1.165) is 25.0 Å². The van der Waals surface area contributed by atoms with E-state index in [1.807, 2.05) is 4.68 Å². The summed E-state index contributed by atoms with van der Waals surface area (Å²) in [4.78, 5) is 0. The van der Waals surface area contributed by atoms with Gasteiger partial charge >= 0.3 is 0 Å². The standard InChI is InChI=1S/C11H18N2O/c1-7(2)13-8(3)9-5-4-6-10(14)11(9)12-13/h7,10,14H,4-6H2,1-3H3. The molecule has 0 bridgehead atoms. The Morgan fingerprint density at radius 1 is 1.50 bits per heavy atom. The first-order valence-electron chi connectivity index (χ1n) is 5.37. The van der Waals surface area contributed by atoms with Crippen molar-refractivity contribution in [3.63, 3.8) is 0 Å². The van der Waals surface area contributed by atoms with Crippen molar-refractivity contribution in [2.24, 2.45) is 0 Å². The predicted octanol–water partition coefficient (Wildman–Crippen LogP) is 2.14. The second-order valence-electron chi connectivity index (χ2n) is 4.40. The van der Waals surface area contributed by atoms with Crippen molar-refractivity contribution in [1.82, 2.24) is 9.78 Å². The van der Waals surface area contributed by atoms with E-state index < -0.39 is 0 Å². The van der Waals surface area contributed by atoms with Gasteiger partial charge in [0.05, 0.1) is 11.8 Å². The zero-order valence-corrected chi connectivity index (χ0v) is 9.12. The van der Waals surface area contributed by atoms with Gasteiger partial charge in [-0.1, -0.05) is 0 Å². The summed E-state index contributed by atoms with van der Waals surface area (Å²) in [7, 11) is 0. The molecule has 1 N–H and O–H groups in total. The Balaban J connectivity index is 2.49. The molecular formula is C11H18N2O. The van der Waals surface area contributed by atoms with Gasteiger partial charge < -0.3 is 5.11 Å². The molecule has 1 aromatic rings. The van der Waals surface area contributed by atoms with Gasteiger partial charge in [0.2, 0.25) is 0 Å². The summed E-state index contributed by atoms with van der Waals surface area (Å²) in [5.41, 5.74) is 3.42. The highest BCUT2D eigenvalue weighted by molar-refractivity contribution is 5.29. The number of hydrogen-bond acceptors (Lipinski definition) is 2. The Morgan fingerprint density at radius 3 is 2.79 bits per heavy atom. The molecular weight excluding hydrogens is 176 g/mol. The van der Waals surface area contributed by atoms with Gasteiger partial charge in [0, 0.05) is 11.7 Å². The molecule has 1 heterocycles. The third kappa shape index (κ3) is 1.36. The molecule has 1 unspecified atom stereocenters. The molecule has 78 valence electrons. The van der Waals surface area contributed by atoms with Crippen molar-refractivity contribution in [3.05, 3.63) is 17.0 Å². The molecule has 0 aliphatic heterocycles. The van der Waals surface area contributed by atoms with Crippen LogP contribution in [-0.4, -0.2) is 14.9 Å². The molecule has 1 aliphatic carbocycles. The summed E-state index contributed by atoms with van der Waals surface area (Å²) in [5.74, 6) is 0. The van der Waals surface area contributed by atoms with E-state index in [1.54, 1.807) is 0 Å². The molecule has 0 spiro atoms. The summed E-state index contributed by atoms with van der Waals surface area (Å²) >= 11 is 0. The van der Waals surface area contributed by atoms with E-state index in [9.17, 15) is 5.11 Å². The summed E-state index contributed by atoms with van der Waals surface area (Å²) in [6.45, 7) is 6.35. The zero-order valence-electron chi connectivity index (χ0n) is 9.12. The van der Waals surface area contributed by atoms with Crippen LogP contribution in [0.3, 0.4) is 0 Å². The highest BCUT2D eigenvalue weighted by atomic mass is 16.3. The first-order valence-corrected chi connectivity index (χ1v) is 5.37. The predicted molar refractivity (Wildman–Crippen MR) is 55.2 cm³/mol. The maximum Gasteiger partial charge on any atom is 0.0981 e. The molecule has 3 nitrogen and oxygen atoms in total. The highest BCUT2D eigenvalue weighted by Crippen LogP contribution is 2.31. The maximum absolute atomic E-state index is 9.81. The summed E-state index contributed by atoms with van der Waals surface area (Å²) in [6.07, 6.45) is 2.68. The number of aromatic nitrogens is 2. The van der Waals surface area contributed by atoms with Crippen LogP contribution in [0.25, 0.3) is 0 Å². The first-order chi connectivity index (χ1) is 6.61. The lowest BCUT2D eigenvalue weighted by Crippen LogP contribution is -2.08. The van der Waals surface area contributed by atoms with Crippen molar-refractivity contribution in [2.45, 2.75) is 52.2 Å². The molecule has 3 heteroatoms. The second-order valence-corrected chi connectivity index (χ2v) is 4.40. The first kappa shape index (κ1) is 9.71. The molecule has 0 radical (unpaired) electrons. The van der Waals surface area contributed by atoms with Crippen molar-refractivity contribution in [1.29, 1.82) is 0 Å². The van der Waals surface area contributed by atoms with Gasteiger partial charge in [-0.15, -0.1) is 0 Å². The molecule has 0 saturated carbocycles. The summed E-state index contributed by atoms with van der Waals surface area (Å²) in [5, 5.41) is 14.3. The van der Waals surface area contributed by atoms with E-state index in [2.05, 4.69) is 25.9 Å². The maximum atomic E-state index is 9.81. The van der Waals surface area contributed by atoms with Crippen molar-refractivity contribution in [3.8, 4) is 0 Å². The minimum Gasteiger partial charge on any atom is -0.387 e. The van der Waals surface area contributed by atoms with Crippen LogP contribution in [0.15, 0.2) is 0 Å². The van der Waals surface area contributed by atoms with E-state index in [-0.39, 0.29) is 6.10 Å². The van der Waals surface area contributed by atoms with Crippen molar-refractivity contribution >= 4 is 0 Å². The molecule has 0 aromatic carbocycles. The third-order valence-electron chi connectivity index (χ3n) is 3.01. The Morgan fingerprint density at radius 2 is 2.21 bits per heavy atom. The van der Waals surface area contributed by atoms with Gasteiger partial charge in [-0.2, -0.15) is 5.10 Å². The molecule has 0 saturated heterocycles. The molecule has 0 amide bonds. The third-order valence-corrected chi connectivity index (χ3v) is 3.01. The number of rotatable bonds is 1. The van der Waals surface area contributed by atoms with E-state index in [1.165, 1.54) is 11.3 Å². The Labute approximate surface area is 84.7 Å². The van der Waals surface area contributed by atoms with Gasteiger partial charge in [-0.25, -0.2) is 0 Å². The van der Waals surface area contributed by atoms with E-state index in [4.69, 9.17) is 0 Å². The van der Waals surface area contributed by atoms with Crippen LogP contribution in [0.4, 0.5) is 0 Å². The smallest absolute Gasteiger partial charge is 0.0981 e. The Kier molecular flexibility index (Phi) is 2.35. The van der Waals surface area contributed by atoms with Gasteiger partial charge in [0.1, 0.15) is 0 Å². The molecule has 1 aliphatic rings. The van der Waals surface area contributed by atoms with E-state index >= 15 is 0 Å². The number of fused-ring (bicyclic) bond motifs is 1. The summed E-state index contributed by atoms with van der Waals surface area (Å²) < 4.78 is 2.03. The van der Waals surface area contributed by atoms with Crippen LogP contribution in [0, 0.1) is 6.92 Å². The lowest BCUT2D eigenvalue weighted by atomic mass is 9.94. The highest BCUT2D eigenvalue weighted by Gasteiger charge is 2.25. The molecule has 1 atom stereocenters. The number of aliphatic hydroxyl groups excluding tert-OH is 1. The van der Waals surface area contributed by atoms with Crippen LogP contribution >= 0.6 is 0 Å². The lowest BCUT2D eigenvalue weighted by Gasteiger charge is -2.15. The SMILES string of the molecule is Cc1c2c(nn1C(C)C)C(O)CCC2.